The molecule has 1 aromatic heterocycles. The van der Waals surface area contributed by atoms with Gasteiger partial charge in [-0.2, -0.15) is 4.98 Å². The molecular formula is C18H16ClN3O4. The van der Waals surface area contributed by atoms with Gasteiger partial charge in [0.2, 0.25) is 11.8 Å². The summed E-state index contributed by atoms with van der Waals surface area (Å²) in [6.07, 6.45) is 2.63. The molecule has 3 unspecified atom stereocenters. The third kappa shape index (κ3) is 2.16. The first-order valence-electron chi connectivity index (χ1n) is 8.36. The zero-order chi connectivity index (χ0) is 18.1. The number of hydrogen-bond donors (Lipinski definition) is 1. The highest BCUT2D eigenvalue weighted by molar-refractivity contribution is 6.32. The maximum Gasteiger partial charge on any atom is 0.342 e. The molecule has 1 saturated heterocycles. The minimum absolute atomic E-state index is 0.0513. The fourth-order valence-electron chi connectivity index (χ4n) is 3.98. The first-order valence-corrected chi connectivity index (χ1v) is 8.73. The summed E-state index contributed by atoms with van der Waals surface area (Å²) in [5, 5.41) is 9.84. The number of carboxylic acid groups (broad SMARTS) is 1. The molecule has 2 aliphatic carbocycles. The van der Waals surface area contributed by atoms with Crippen LogP contribution in [0.4, 0.5) is 5.95 Å². The van der Waals surface area contributed by atoms with Gasteiger partial charge in [0.1, 0.15) is 17.9 Å². The van der Waals surface area contributed by atoms with Crippen molar-refractivity contribution in [3.8, 4) is 11.6 Å². The molecule has 134 valence electrons. The summed E-state index contributed by atoms with van der Waals surface area (Å²) >= 11 is 6.12. The minimum atomic E-state index is -1.12. The van der Waals surface area contributed by atoms with Gasteiger partial charge >= 0.3 is 5.97 Å². The molecule has 0 radical (unpaired) electrons. The van der Waals surface area contributed by atoms with E-state index in [1.807, 2.05) is 6.07 Å². The van der Waals surface area contributed by atoms with Crippen LogP contribution in [0.5, 0.6) is 11.6 Å². The van der Waals surface area contributed by atoms with Gasteiger partial charge in [-0.3, -0.25) is 0 Å². The second-order valence-corrected chi connectivity index (χ2v) is 7.48. The van der Waals surface area contributed by atoms with Gasteiger partial charge in [-0.15, -0.1) is 0 Å². The zero-order valence-corrected chi connectivity index (χ0v) is 14.7. The Labute approximate surface area is 154 Å². The number of halogens is 1. The number of piperidine rings is 1. The number of nitrogens with zero attached hydrogens (tertiary/aromatic N) is 3. The van der Waals surface area contributed by atoms with Crippen LogP contribution >= 0.6 is 11.6 Å². The Bertz CT molecular complexity index is 937. The number of anilines is 1. The topological polar surface area (TPSA) is 84.8 Å². The van der Waals surface area contributed by atoms with E-state index < -0.39 is 5.97 Å². The molecule has 8 heteroatoms. The van der Waals surface area contributed by atoms with Crippen molar-refractivity contribution in [3.63, 3.8) is 0 Å². The van der Waals surface area contributed by atoms with Gasteiger partial charge in [-0.05, 0) is 30.0 Å². The van der Waals surface area contributed by atoms with Crippen molar-refractivity contribution in [2.75, 3.05) is 18.6 Å². The third-order valence-electron chi connectivity index (χ3n) is 5.66. The highest BCUT2D eigenvalue weighted by atomic mass is 35.5. The summed E-state index contributed by atoms with van der Waals surface area (Å²) in [4.78, 5) is 22.2. The Balaban J connectivity index is 1.36. The molecule has 3 atom stereocenters. The summed E-state index contributed by atoms with van der Waals surface area (Å²) in [7, 11) is 1.54. The molecule has 2 aromatic rings. The number of fused-ring (bicyclic) bond motifs is 1. The van der Waals surface area contributed by atoms with Crippen LogP contribution in [0.2, 0.25) is 5.02 Å². The third-order valence-corrected chi connectivity index (χ3v) is 5.96. The van der Waals surface area contributed by atoms with Crippen molar-refractivity contribution in [1.29, 1.82) is 0 Å². The molecule has 1 aliphatic heterocycles. The number of carboxylic acids is 1. The van der Waals surface area contributed by atoms with Gasteiger partial charge in [0, 0.05) is 18.0 Å². The average Bonchev–Trinajstić information content (AvgIpc) is 3.46. The van der Waals surface area contributed by atoms with Crippen molar-refractivity contribution in [1.82, 2.24) is 9.97 Å². The van der Waals surface area contributed by atoms with Crippen molar-refractivity contribution >= 4 is 23.5 Å². The maximum atomic E-state index is 11.5. The molecule has 1 aromatic carbocycles. The second kappa shape index (κ2) is 5.23. The van der Waals surface area contributed by atoms with Crippen LogP contribution in [0.3, 0.4) is 0 Å². The number of ether oxygens (including phenoxy) is 2. The number of aromatic carboxylic acids is 1. The number of benzene rings is 1. The van der Waals surface area contributed by atoms with E-state index in [0.717, 1.165) is 18.0 Å². The van der Waals surface area contributed by atoms with E-state index in [1.54, 1.807) is 19.2 Å². The van der Waals surface area contributed by atoms with E-state index in [2.05, 4.69) is 14.9 Å². The van der Waals surface area contributed by atoms with Gasteiger partial charge < -0.3 is 19.5 Å². The Kier molecular flexibility index (Phi) is 3.16. The average molecular weight is 374 g/mol. The first-order chi connectivity index (χ1) is 12.5. The number of carbonyl (C=O) groups is 1. The number of aromatic nitrogens is 2. The van der Waals surface area contributed by atoms with Gasteiger partial charge in [-0.1, -0.05) is 17.7 Å². The molecule has 7 nitrogen and oxygen atoms in total. The predicted octanol–water partition coefficient (Wildman–Crippen LogP) is 2.62. The molecule has 2 saturated carbocycles. The summed E-state index contributed by atoms with van der Waals surface area (Å²) in [5.74, 6) is 0.857. The minimum Gasteiger partial charge on any atom is -0.495 e. The molecule has 0 amide bonds. The van der Waals surface area contributed by atoms with Crippen LogP contribution in [-0.2, 0) is 6.61 Å². The van der Waals surface area contributed by atoms with Gasteiger partial charge in [0.05, 0.1) is 18.3 Å². The highest BCUT2D eigenvalue weighted by Gasteiger charge is 2.87. The normalized spacial score (nSPS) is 27.1. The van der Waals surface area contributed by atoms with E-state index in [4.69, 9.17) is 21.1 Å². The Morgan fingerprint density at radius 2 is 2.35 bits per heavy atom. The number of rotatable bonds is 6. The Morgan fingerprint density at radius 1 is 1.50 bits per heavy atom. The maximum absolute atomic E-state index is 11.5. The highest BCUT2D eigenvalue weighted by Crippen LogP contribution is 2.83. The summed E-state index contributed by atoms with van der Waals surface area (Å²) < 4.78 is 10.8. The SMILES string of the molecule is COc1ccc(COc2nc(N3CC45CC4C35)ncc2C(=O)O)cc1Cl. The lowest BCUT2D eigenvalue weighted by Crippen LogP contribution is -2.48. The largest absolute Gasteiger partial charge is 0.495 e. The Hall–Kier alpha value is -2.54. The van der Waals surface area contributed by atoms with Crippen molar-refractivity contribution in [3.05, 3.63) is 40.5 Å². The monoisotopic (exact) mass is 373 g/mol. The van der Waals surface area contributed by atoms with Crippen LogP contribution in [0.1, 0.15) is 22.3 Å². The van der Waals surface area contributed by atoms with E-state index in [-0.39, 0.29) is 18.1 Å². The van der Waals surface area contributed by atoms with E-state index in [1.165, 1.54) is 12.6 Å². The van der Waals surface area contributed by atoms with Crippen molar-refractivity contribution in [2.45, 2.75) is 19.1 Å². The van der Waals surface area contributed by atoms with Crippen molar-refractivity contribution in [2.24, 2.45) is 11.3 Å². The fourth-order valence-corrected chi connectivity index (χ4v) is 4.26. The van der Waals surface area contributed by atoms with Crippen LogP contribution in [0.25, 0.3) is 0 Å². The predicted molar refractivity (Wildman–Crippen MR) is 93.0 cm³/mol. The van der Waals surface area contributed by atoms with Crippen LogP contribution in [0, 0.1) is 11.3 Å². The molecule has 2 heterocycles. The standard InChI is InChI=1S/C18H16ClN3O4/c1-25-13-3-2-9(4-12(13)19)7-26-15-10(16(23)24)6-20-17(21-15)22-8-18-5-11(18)14(18)22/h2-4,6,11,14H,5,7-8H2,1H3,(H,23,24). The van der Waals surface area contributed by atoms with E-state index in [9.17, 15) is 9.90 Å². The summed E-state index contributed by atoms with van der Waals surface area (Å²) in [6, 6.07) is 5.82. The molecule has 1 N–H and O–H groups in total. The second-order valence-electron chi connectivity index (χ2n) is 7.07. The summed E-state index contributed by atoms with van der Waals surface area (Å²) in [6.45, 7) is 1.11. The quantitative estimate of drug-likeness (QED) is 0.833. The lowest BCUT2D eigenvalue weighted by Gasteiger charge is -2.38. The molecule has 5 rings (SSSR count). The van der Waals surface area contributed by atoms with Gasteiger partial charge in [0.25, 0.3) is 0 Å². The molecule has 26 heavy (non-hydrogen) atoms. The molecule has 0 bridgehead atoms. The van der Waals surface area contributed by atoms with Crippen LogP contribution < -0.4 is 14.4 Å². The van der Waals surface area contributed by atoms with Gasteiger partial charge in [-0.25, -0.2) is 9.78 Å². The lowest BCUT2D eigenvalue weighted by molar-refractivity contribution is 0.0690. The Morgan fingerprint density at radius 3 is 2.92 bits per heavy atom. The van der Waals surface area contributed by atoms with Crippen LogP contribution in [-0.4, -0.2) is 40.7 Å². The smallest absolute Gasteiger partial charge is 0.342 e. The van der Waals surface area contributed by atoms with Gasteiger partial charge in [0.15, 0.2) is 0 Å². The summed E-state index contributed by atoms with van der Waals surface area (Å²) in [5.41, 5.74) is 1.28. The van der Waals surface area contributed by atoms with Crippen molar-refractivity contribution < 1.29 is 19.4 Å². The number of methoxy groups -OCH3 is 1. The van der Waals surface area contributed by atoms with E-state index >= 15 is 0 Å². The van der Waals surface area contributed by atoms with E-state index in [0.29, 0.717) is 28.2 Å². The molecule has 1 spiro atoms. The molecule has 3 fully saturated rings. The molecule has 3 aliphatic rings. The number of hydrogen-bond acceptors (Lipinski definition) is 6. The first kappa shape index (κ1) is 15.7. The molecular weight excluding hydrogens is 358 g/mol. The van der Waals surface area contributed by atoms with Crippen LogP contribution in [0.15, 0.2) is 24.4 Å². The lowest BCUT2D eigenvalue weighted by atomic mass is 10.0. The fraction of sp³-hybridized carbons (Fsp3) is 0.389. The zero-order valence-electron chi connectivity index (χ0n) is 14.0.